The summed E-state index contributed by atoms with van der Waals surface area (Å²) in [6.45, 7) is 0.732. The van der Waals surface area contributed by atoms with Crippen molar-refractivity contribution < 1.29 is 4.74 Å². The van der Waals surface area contributed by atoms with Crippen molar-refractivity contribution in [3.8, 4) is 18.1 Å². The van der Waals surface area contributed by atoms with Crippen LogP contribution in [0.15, 0.2) is 42.5 Å². The molecule has 1 heteroatoms. The molecular weight excluding hydrogens is 208 g/mol. The van der Waals surface area contributed by atoms with Crippen molar-refractivity contribution in [2.45, 2.75) is 19.3 Å². The average molecular weight is 224 g/mol. The fourth-order valence-corrected chi connectivity index (χ4v) is 1.83. The third-order valence-corrected chi connectivity index (χ3v) is 2.72. The number of fused-ring (bicyclic) bond motifs is 1. The zero-order valence-corrected chi connectivity index (χ0v) is 9.86. The molecule has 0 saturated heterocycles. The zero-order valence-electron chi connectivity index (χ0n) is 9.86. The highest BCUT2D eigenvalue weighted by atomic mass is 16.5. The minimum Gasteiger partial charge on any atom is -0.493 e. The van der Waals surface area contributed by atoms with Gasteiger partial charge in [0.15, 0.2) is 0 Å². The van der Waals surface area contributed by atoms with E-state index in [4.69, 9.17) is 11.2 Å². The summed E-state index contributed by atoms with van der Waals surface area (Å²) in [5.41, 5.74) is 0. The fourth-order valence-electron chi connectivity index (χ4n) is 1.83. The van der Waals surface area contributed by atoms with Gasteiger partial charge in [-0.1, -0.05) is 36.4 Å². The van der Waals surface area contributed by atoms with Crippen LogP contribution in [-0.4, -0.2) is 6.61 Å². The molecule has 0 radical (unpaired) electrons. The minimum absolute atomic E-state index is 0.732. The number of rotatable bonds is 5. The predicted molar refractivity (Wildman–Crippen MR) is 72.1 cm³/mol. The largest absolute Gasteiger partial charge is 0.493 e. The van der Waals surface area contributed by atoms with Crippen LogP contribution in [0.4, 0.5) is 0 Å². The topological polar surface area (TPSA) is 9.23 Å². The first-order valence-electron chi connectivity index (χ1n) is 5.96. The molecule has 0 unspecified atom stereocenters. The summed E-state index contributed by atoms with van der Waals surface area (Å²) in [5.74, 6) is 3.60. The first-order valence-corrected chi connectivity index (χ1v) is 5.96. The van der Waals surface area contributed by atoms with Crippen LogP contribution in [0.25, 0.3) is 10.8 Å². The highest BCUT2D eigenvalue weighted by molar-refractivity contribution is 5.88. The third kappa shape index (κ3) is 3.01. The van der Waals surface area contributed by atoms with E-state index in [-0.39, 0.29) is 0 Å². The number of unbranched alkanes of at least 4 members (excludes halogenated alkanes) is 2. The fraction of sp³-hybridized carbons (Fsp3) is 0.250. The van der Waals surface area contributed by atoms with Crippen molar-refractivity contribution in [2.75, 3.05) is 6.61 Å². The number of hydrogen-bond donors (Lipinski definition) is 0. The van der Waals surface area contributed by atoms with Gasteiger partial charge in [-0.15, -0.1) is 12.3 Å². The Bertz CT molecular complexity index is 517. The summed E-state index contributed by atoms with van der Waals surface area (Å²) in [6.07, 6.45) is 8.07. The first kappa shape index (κ1) is 11.5. The second-order valence-electron chi connectivity index (χ2n) is 3.99. The van der Waals surface area contributed by atoms with E-state index in [1.54, 1.807) is 0 Å². The highest BCUT2D eigenvalue weighted by Crippen LogP contribution is 2.25. The normalized spacial score (nSPS) is 10.1. The Balaban J connectivity index is 2.01. The molecule has 0 amide bonds. The molecule has 0 heterocycles. The monoisotopic (exact) mass is 224 g/mol. The Kier molecular flexibility index (Phi) is 4.05. The maximum Gasteiger partial charge on any atom is 0.127 e. The zero-order chi connectivity index (χ0) is 11.9. The lowest BCUT2D eigenvalue weighted by Crippen LogP contribution is -1.97. The quantitative estimate of drug-likeness (QED) is 0.550. The smallest absolute Gasteiger partial charge is 0.127 e. The van der Waals surface area contributed by atoms with E-state index in [1.165, 1.54) is 10.8 Å². The molecule has 0 aliphatic carbocycles. The molecule has 0 spiro atoms. The molecule has 0 saturated carbocycles. The molecule has 1 nitrogen and oxygen atoms in total. The van der Waals surface area contributed by atoms with Crippen LogP contribution in [0.5, 0.6) is 5.75 Å². The van der Waals surface area contributed by atoms with Crippen molar-refractivity contribution in [1.29, 1.82) is 0 Å². The van der Waals surface area contributed by atoms with E-state index in [2.05, 4.69) is 24.1 Å². The van der Waals surface area contributed by atoms with E-state index in [0.29, 0.717) is 0 Å². The molecule has 0 N–H and O–H groups in total. The van der Waals surface area contributed by atoms with Gasteiger partial charge in [-0.3, -0.25) is 0 Å². The second-order valence-corrected chi connectivity index (χ2v) is 3.99. The minimum atomic E-state index is 0.732. The maximum atomic E-state index is 5.80. The molecule has 0 fully saturated rings. The van der Waals surface area contributed by atoms with Crippen LogP contribution >= 0.6 is 0 Å². The molecule has 0 bridgehead atoms. The summed E-state index contributed by atoms with van der Waals surface area (Å²) in [4.78, 5) is 0. The molecule has 17 heavy (non-hydrogen) atoms. The van der Waals surface area contributed by atoms with E-state index >= 15 is 0 Å². The number of benzene rings is 2. The van der Waals surface area contributed by atoms with Crippen molar-refractivity contribution in [3.63, 3.8) is 0 Å². The lowest BCUT2D eigenvalue weighted by molar-refractivity contribution is 0.311. The van der Waals surface area contributed by atoms with E-state index in [0.717, 1.165) is 31.6 Å². The molecule has 2 aromatic carbocycles. The molecule has 0 aliphatic rings. The summed E-state index contributed by atoms with van der Waals surface area (Å²) in [5, 5.41) is 2.39. The van der Waals surface area contributed by atoms with Gasteiger partial charge in [0.1, 0.15) is 5.75 Å². The predicted octanol–water partition coefficient (Wildman–Crippen LogP) is 4.02. The Morgan fingerprint density at radius 2 is 1.82 bits per heavy atom. The maximum absolute atomic E-state index is 5.80. The van der Waals surface area contributed by atoms with Crippen molar-refractivity contribution in [1.82, 2.24) is 0 Å². The van der Waals surface area contributed by atoms with Crippen LogP contribution in [0.2, 0.25) is 0 Å². The van der Waals surface area contributed by atoms with Gasteiger partial charge in [0.25, 0.3) is 0 Å². The molecule has 2 aromatic rings. The van der Waals surface area contributed by atoms with E-state index < -0.39 is 0 Å². The second kappa shape index (κ2) is 5.96. The molecular formula is C16H16O. The third-order valence-electron chi connectivity index (χ3n) is 2.72. The van der Waals surface area contributed by atoms with Gasteiger partial charge in [0.2, 0.25) is 0 Å². The molecule has 86 valence electrons. The average Bonchev–Trinajstić information content (AvgIpc) is 2.39. The van der Waals surface area contributed by atoms with Gasteiger partial charge in [-0.2, -0.15) is 0 Å². The lowest BCUT2D eigenvalue weighted by Gasteiger charge is -2.08. The summed E-state index contributed by atoms with van der Waals surface area (Å²) in [6, 6.07) is 14.4. The summed E-state index contributed by atoms with van der Waals surface area (Å²) >= 11 is 0. The van der Waals surface area contributed by atoms with Crippen LogP contribution < -0.4 is 4.74 Å². The highest BCUT2D eigenvalue weighted by Gasteiger charge is 2.00. The van der Waals surface area contributed by atoms with Gasteiger partial charge in [-0.05, 0) is 24.3 Å². The SMILES string of the molecule is C#CCCCCOc1cccc2ccccc12. The Hall–Kier alpha value is -1.94. The number of hydrogen-bond acceptors (Lipinski definition) is 1. The van der Waals surface area contributed by atoms with Crippen molar-refractivity contribution in [3.05, 3.63) is 42.5 Å². The molecule has 0 aliphatic heterocycles. The number of terminal acetylenes is 1. The van der Waals surface area contributed by atoms with Gasteiger partial charge < -0.3 is 4.74 Å². The first-order chi connectivity index (χ1) is 8.42. The molecule has 0 aromatic heterocycles. The summed E-state index contributed by atoms with van der Waals surface area (Å²) in [7, 11) is 0. The van der Waals surface area contributed by atoms with E-state index in [1.807, 2.05) is 24.3 Å². The summed E-state index contributed by atoms with van der Waals surface area (Å²) < 4.78 is 5.80. The van der Waals surface area contributed by atoms with Crippen LogP contribution in [0, 0.1) is 12.3 Å². The van der Waals surface area contributed by atoms with Gasteiger partial charge in [0.05, 0.1) is 6.61 Å². The van der Waals surface area contributed by atoms with Crippen LogP contribution in [0.3, 0.4) is 0 Å². The van der Waals surface area contributed by atoms with E-state index in [9.17, 15) is 0 Å². The molecule has 0 atom stereocenters. The Labute approximate surface area is 102 Å². The molecule has 2 rings (SSSR count). The standard InChI is InChI=1S/C16H16O/c1-2-3-4-7-13-17-16-12-8-10-14-9-5-6-11-15(14)16/h1,5-6,8-12H,3-4,7,13H2. The van der Waals surface area contributed by atoms with Crippen LogP contribution in [-0.2, 0) is 0 Å². The lowest BCUT2D eigenvalue weighted by atomic mass is 10.1. The van der Waals surface area contributed by atoms with Crippen molar-refractivity contribution >= 4 is 10.8 Å². The van der Waals surface area contributed by atoms with Crippen molar-refractivity contribution in [2.24, 2.45) is 0 Å². The van der Waals surface area contributed by atoms with Crippen LogP contribution in [0.1, 0.15) is 19.3 Å². The Morgan fingerprint density at radius 3 is 2.71 bits per heavy atom. The van der Waals surface area contributed by atoms with Gasteiger partial charge >= 0.3 is 0 Å². The van der Waals surface area contributed by atoms with Gasteiger partial charge in [0, 0.05) is 11.8 Å². The number of ether oxygens (including phenoxy) is 1. The Morgan fingerprint density at radius 1 is 1.00 bits per heavy atom. The van der Waals surface area contributed by atoms with Gasteiger partial charge in [-0.25, -0.2) is 0 Å².